The van der Waals surface area contributed by atoms with Crippen LogP contribution in [0.4, 0.5) is 24.5 Å². The van der Waals surface area contributed by atoms with Gasteiger partial charge in [-0.25, -0.2) is 0 Å². The summed E-state index contributed by atoms with van der Waals surface area (Å²) in [5.74, 6) is -1.41. The van der Waals surface area contributed by atoms with E-state index in [-0.39, 0.29) is 30.7 Å². The van der Waals surface area contributed by atoms with Crippen LogP contribution in [0.15, 0.2) is 79.0 Å². The smallest absolute Gasteiger partial charge is 0.406 e. The Hall–Kier alpha value is -5.07. The number of nitrogens with one attached hydrogen (secondary N) is 2. The zero-order chi connectivity index (χ0) is 30.2. The number of ether oxygens (including phenoxy) is 1. The monoisotopic (exact) mass is 592 g/mol. The predicted octanol–water partition coefficient (Wildman–Crippen LogP) is 4.38. The molecule has 2 aliphatic heterocycles. The molecule has 1 aromatic heterocycles. The summed E-state index contributed by atoms with van der Waals surface area (Å²) in [4.78, 5) is 45.4. The molecule has 3 amide bonds. The Kier molecular flexibility index (Phi) is 7.16. The molecular weight excluding hydrogens is 565 g/mol. The molecule has 0 unspecified atom stereocenters. The molecule has 3 aromatic carbocycles. The molecule has 0 radical (unpaired) electrons. The topological polar surface area (TPSA) is 111 Å². The van der Waals surface area contributed by atoms with E-state index in [0.29, 0.717) is 31.5 Å². The third kappa shape index (κ3) is 5.70. The number of carbonyl (C=O) groups is 3. The number of likely N-dealkylation sites (tertiary alicyclic amines) is 1. The molecule has 4 aromatic rings. The molecule has 0 bridgehead atoms. The molecule has 222 valence electrons. The number of fused-ring (bicyclic) bond motifs is 1. The van der Waals surface area contributed by atoms with Crippen molar-refractivity contribution in [3.8, 4) is 5.75 Å². The van der Waals surface area contributed by atoms with E-state index in [4.69, 9.17) is 0 Å². The standard InChI is InChI=1S/C30H27F3N6O4/c31-30(32,33)43-24-8-4-5-22(16-24)35-26(40)18-38-19-39(23-6-2-1-3-7-23)29(28(38)42)11-13-37(14-12-29)27(41)20-9-10-25-21(15-20)17-34-36-25/h1-10,15-17H,11-14,18-19H2,(H,34,36)(H,35,40). The fourth-order valence-electron chi connectivity index (χ4n) is 5.81. The Morgan fingerprint density at radius 3 is 2.51 bits per heavy atom. The van der Waals surface area contributed by atoms with Crippen LogP contribution in [0, 0.1) is 0 Å². The van der Waals surface area contributed by atoms with Crippen molar-refractivity contribution in [2.75, 3.05) is 36.5 Å². The number of para-hydroxylation sites is 1. The number of amides is 3. The molecule has 2 fully saturated rings. The van der Waals surface area contributed by atoms with Crippen LogP contribution in [0.1, 0.15) is 23.2 Å². The third-order valence-corrected chi connectivity index (χ3v) is 7.83. The summed E-state index contributed by atoms with van der Waals surface area (Å²) < 4.78 is 41.8. The summed E-state index contributed by atoms with van der Waals surface area (Å²) in [6.07, 6.45) is -2.50. The number of anilines is 2. The zero-order valence-corrected chi connectivity index (χ0v) is 22.8. The molecule has 0 aliphatic carbocycles. The highest BCUT2D eigenvalue weighted by Crippen LogP contribution is 2.40. The maximum atomic E-state index is 14.0. The van der Waals surface area contributed by atoms with Gasteiger partial charge in [0.1, 0.15) is 17.8 Å². The van der Waals surface area contributed by atoms with Crippen molar-refractivity contribution in [1.82, 2.24) is 20.0 Å². The first kappa shape index (κ1) is 28.1. The second-order valence-corrected chi connectivity index (χ2v) is 10.5. The number of benzene rings is 3. The minimum Gasteiger partial charge on any atom is -0.406 e. The highest BCUT2D eigenvalue weighted by atomic mass is 19.4. The van der Waals surface area contributed by atoms with E-state index in [2.05, 4.69) is 20.3 Å². The molecule has 43 heavy (non-hydrogen) atoms. The van der Waals surface area contributed by atoms with E-state index in [0.717, 1.165) is 28.7 Å². The first-order chi connectivity index (χ1) is 20.6. The van der Waals surface area contributed by atoms with Crippen molar-refractivity contribution in [3.63, 3.8) is 0 Å². The van der Waals surface area contributed by atoms with Gasteiger partial charge >= 0.3 is 6.36 Å². The van der Waals surface area contributed by atoms with Gasteiger partial charge in [0.15, 0.2) is 0 Å². The van der Waals surface area contributed by atoms with Crippen LogP contribution >= 0.6 is 0 Å². The summed E-state index contributed by atoms with van der Waals surface area (Å²) >= 11 is 0. The minimum atomic E-state index is -4.87. The van der Waals surface area contributed by atoms with Gasteiger partial charge in [-0.05, 0) is 55.3 Å². The third-order valence-electron chi connectivity index (χ3n) is 7.83. The fraction of sp³-hybridized carbons (Fsp3) is 0.267. The fourth-order valence-corrected chi connectivity index (χ4v) is 5.81. The molecule has 0 atom stereocenters. The maximum Gasteiger partial charge on any atom is 0.573 e. The Balaban J connectivity index is 1.17. The lowest BCUT2D eigenvalue weighted by molar-refractivity contribution is -0.274. The molecule has 2 aliphatic rings. The van der Waals surface area contributed by atoms with Crippen LogP contribution < -0.4 is 15.0 Å². The average Bonchev–Trinajstić information content (AvgIpc) is 3.55. The number of halogens is 3. The average molecular weight is 593 g/mol. The molecule has 13 heteroatoms. The van der Waals surface area contributed by atoms with Crippen molar-refractivity contribution in [2.24, 2.45) is 0 Å². The number of H-pyrrole nitrogens is 1. The van der Waals surface area contributed by atoms with Gasteiger partial charge in [0, 0.05) is 41.5 Å². The Morgan fingerprint density at radius 2 is 1.77 bits per heavy atom. The maximum absolute atomic E-state index is 14.0. The van der Waals surface area contributed by atoms with Crippen LogP contribution in [0.25, 0.3) is 10.9 Å². The van der Waals surface area contributed by atoms with Gasteiger partial charge in [-0.15, -0.1) is 13.2 Å². The van der Waals surface area contributed by atoms with Crippen LogP contribution in [-0.2, 0) is 9.59 Å². The van der Waals surface area contributed by atoms with Crippen molar-refractivity contribution >= 4 is 40.0 Å². The molecule has 2 N–H and O–H groups in total. The summed E-state index contributed by atoms with van der Waals surface area (Å²) in [6, 6.07) is 19.7. The summed E-state index contributed by atoms with van der Waals surface area (Å²) in [7, 11) is 0. The van der Waals surface area contributed by atoms with Crippen LogP contribution in [0.5, 0.6) is 5.75 Å². The molecule has 2 saturated heterocycles. The normalized spacial score (nSPS) is 16.6. The van der Waals surface area contributed by atoms with Crippen molar-refractivity contribution in [3.05, 3.63) is 84.6 Å². The summed E-state index contributed by atoms with van der Waals surface area (Å²) in [5, 5.41) is 10.3. The van der Waals surface area contributed by atoms with Crippen molar-refractivity contribution in [2.45, 2.75) is 24.7 Å². The SMILES string of the molecule is O=C(CN1CN(c2ccccc2)C2(CCN(C(=O)c3ccc4[nH]ncc4c3)CC2)C1=O)Nc1cccc(OC(F)(F)F)c1. The van der Waals surface area contributed by atoms with Crippen molar-refractivity contribution < 1.29 is 32.3 Å². The van der Waals surface area contributed by atoms with E-state index >= 15 is 0 Å². The quantitative estimate of drug-likeness (QED) is 0.344. The van der Waals surface area contributed by atoms with Gasteiger partial charge in [-0.2, -0.15) is 5.10 Å². The highest BCUT2D eigenvalue weighted by Gasteiger charge is 2.54. The van der Waals surface area contributed by atoms with Crippen molar-refractivity contribution in [1.29, 1.82) is 0 Å². The number of aromatic nitrogens is 2. The predicted molar refractivity (Wildman–Crippen MR) is 151 cm³/mol. The Morgan fingerprint density at radius 1 is 1.00 bits per heavy atom. The van der Waals surface area contributed by atoms with Crippen LogP contribution in [0.3, 0.4) is 0 Å². The number of rotatable bonds is 6. The van der Waals surface area contributed by atoms with E-state index in [1.165, 1.54) is 17.0 Å². The Labute approximate surface area is 244 Å². The lowest BCUT2D eigenvalue weighted by Crippen LogP contribution is -2.57. The summed E-state index contributed by atoms with van der Waals surface area (Å²) in [5.41, 5.74) is 1.31. The van der Waals surface area contributed by atoms with Gasteiger partial charge in [0.2, 0.25) is 5.91 Å². The Bertz CT molecular complexity index is 1670. The number of aromatic amines is 1. The number of nitrogens with zero attached hydrogens (tertiary/aromatic N) is 4. The molecule has 10 nitrogen and oxygen atoms in total. The van der Waals surface area contributed by atoms with Gasteiger partial charge in [0.25, 0.3) is 11.8 Å². The van der Waals surface area contributed by atoms with Gasteiger partial charge in [-0.3, -0.25) is 19.5 Å². The highest BCUT2D eigenvalue weighted by molar-refractivity contribution is 6.00. The number of hydrogen-bond donors (Lipinski definition) is 2. The van der Waals surface area contributed by atoms with E-state index in [1.54, 1.807) is 29.3 Å². The first-order valence-electron chi connectivity index (χ1n) is 13.6. The number of piperidine rings is 1. The van der Waals surface area contributed by atoms with Gasteiger partial charge in [-0.1, -0.05) is 24.3 Å². The second kappa shape index (κ2) is 11.0. The van der Waals surface area contributed by atoms with Crippen LogP contribution in [0.2, 0.25) is 0 Å². The molecule has 3 heterocycles. The van der Waals surface area contributed by atoms with Gasteiger partial charge < -0.3 is 24.8 Å². The molecule has 0 saturated carbocycles. The zero-order valence-electron chi connectivity index (χ0n) is 22.8. The number of hydrogen-bond acceptors (Lipinski definition) is 6. The lowest BCUT2D eigenvalue weighted by atomic mass is 9.85. The van der Waals surface area contributed by atoms with Gasteiger partial charge in [0.05, 0.1) is 18.4 Å². The number of carbonyl (C=O) groups excluding carboxylic acids is 3. The minimum absolute atomic E-state index is 0.105. The van der Waals surface area contributed by atoms with Crippen LogP contribution in [-0.4, -0.2) is 75.9 Å². The number of alkyl halides is 3. The molecular formula is C30H27F3N6O4. The summed E-state index contributed by atoms with van der Waals surface area (Å²) in [6.45, 7) is 0.507. The van der Waals surface area contributed by atoms with E-state index in [1.807, 2.05) is 35.2 Å². The largest absolute Gasteiger partial charge is 0.573 e. The first-order valence-corrected chi connectivity index (χ1v) is 13.6. The molecule has 6 rings (SSSR count). The lowest BCUT2D eigenvalue weighted by Gasteiger charge is -2.43. The second-order valence-electron chi connectivity index (χ2n) is 10.5. The van der Waals surface area contributed by atoms with E-state index in [9.17, 15) is 27.6 Å². The van der Waals surface area contributed by atoms with E-state index < -0.39 is 23.6 Å². The molecule has 1 spiro atoms.